The number of carbonyl (C=O) groups excluding carboxylic acids is 2. The van der Waals surface area contributed by atoms with E-state index in [1.54, 1.807) is 33.0 Å². The smallest absolute Gasteiger partial charge is 0.255 e. The maximum absolute atomic E-state index is 12.0. The Balaban J connectivity index is 2.80. The van der Waals surface area contributed by atoms with E-state index in [0.717, 1.165) is 0 Å². The summed E-state index contributed by atoms with van der Waals surface area (Å²) >= 11 is 0. The highest BCUT2D eigenvalue weighted by molar-refractivity contribution is 5.99. The number of likely N-dealkylation sites (N-methyl/N-ethyl adjacent to an activating group) is 1. The lowest BCUT2D eigenvalue weighted by molar-refractivity contribution is -0.131. The molecule has 104 valence electrons. The maximum atomic E-state index is 12.0. The van der Waals surface area contributed by atoms with Crippen LogP contribution in [0.25, 0.3) is 0 Å². The molecule has 0 fully saturated rings. The van der Waals surface area contributed by atoms with Crippen LogP contribution in [0.4, 0.5) is 0 Å². The number of amides is 2. The Morgan fingerprint density at radius 1 is 1.42 bits per heavy atom. The van der Waals surface area contributed by atoms with Crippen LogP contribution in [0, 0.1) is 6.92 Å². The number of hydrogen-bond acceptors (Lipinski definition) is 3. The molecule has 0 aromatic heterocycles. The number of para-hydroxylation sites is 1. The van der Waals surface area contributed by atoms with Crippen LogP contribution in [-0.2, 0) is 4.79 Å². The van der Waals surface area contributed by atoms with Crippen LogP contribution in [0.3, 0.4) is 0 Å². The second-order valence-corrected chi connectivity index (χ2v) is 4.52. The van der Waals surface area contributed by atoms with Crippen molar-refractivity contribution in [1.29, 1.82) is 0 Å². The second-order valence-electron chi connectivity index (χ2n) is 4.52. The van der Waals surface area contributed by atoms with Gasteiger partial charge in [-0.25, -0.2) is 0 Å². The molecule has 0 saturated carbocycles. The first-order valence-corrected chi connectivity index (χ1v) is 6.22. The fraction of sp³-hybridized carbons (Fsp3) is 0.429. The highest BCUT2D eigenvalue weighted by Crippen LogP contribution is 2.21. The van der Waals surface area contributed by atoms with Gasteiger partial charge in [0.2, 0.25) is 5.91 Å². The minimum absolute atomic E-state index is 0.0523. The van der Waals surface area contributed by atoms with Crippen molar-refractivity contribution in [2.75, 3.05) is 13.6 Å². The zero-order chi connectivity index (χ0) is 14.6. The van der Waals surface area contributed by atoms with Crippen molar-refractivity contribution in [3.8, 4) is 5.75 Å². The number of nitrogens with zero attached hydrogens (tertiary/aromatic N) is 1. The molecule has 1 aromatic carbocycles. The number of hydrogen-bond donors (Lipinski definition) is 2. The minimum atomic E-state index is -0.627. The van der Waals surface area contributed by atoms with Crippen LogP contribution in [0.1, 0.15) is 29.8 Å². The molecule has 5 nitrogen and oxygen atoms in total. The quantitative estimate of drug-likeness (QED) is 0.861. The first kappa shape index (κ1) is 15.0. The van der Waals surface area contributed by atoms with Gasteiger partial charge in [-0.15, -0.1) is 0 Å². The summed E-state index contributed by atoms with van der Waals surface area (Å²) in [6, 6.07) is 4.30. The molecule has 2 amide bonds. The van der Waals surface area contributed by atoms with E-state index in [9.17, 15) is 14.7 Å². The van der Waals surface area contributed by atoms with Gasteiger partial charge < -0.3 is 15.3 Å². The average Bonchev–Trinajstić information content (AvgIpc) is 2.39. The fourth-order valence-electron chi connectivity index (χ4n) is 1.66. The molecule has 0 aliphatic carbocycles. The number of nitrogens with one attached hydrogen (secondary N) is 1. The summed E-state index contributed by atoms with van der Waals surface area (Å²) in [5.41, 5.74) is 0.802. The summed E-state index contributed by atoms with van der Waals surface area (Å²) < 4.78 is 0. The number of aromatic hydroxyl groups is 1. The minimum Gasteiger partial charge on any atom is -0.507 e. The first-order chi connectivity index (χ1) is 8.88. The van der Waals surface area contributed by atoms with Gasteiger partial charge in [0.25, 0.3) is 5.91 Å². The van der Waals surface area contributed by atoms with Gasteiger partial charge in [0.05, 0.1) is 5.56 Å². The topological polar surface area (TPSA) is 69.6 Å². The van der Waals surface area contributed by atoms with E-state index in [0.29, 0.717) is 12.1 Å². The van der Waals surface area contributed by atoms with Crippen molar-refractivity contribution in [1.82, 2.24) is 10.2 Å². The maximum Gasteiger partial charge on any atom is 0.255 e. The Labute approximate surface area is 113 Å². The molecule has 0 aliphatic heterocycles. The van der Waals surface area contributed by atoms with Crippen LogP contribution >= 0.6 is 0 Å². The van der Waals surface area contributed by atoms with Gasteiger partial charge in [0, 0.05) is 13.6 Å². The van der Waals surface area contributed by atoms with Gasteiger partial charge in [-0.2, -0.15) is 0 Å². The molecule has 0 heterocycles. The molecule has 1 aromatic rings. The summed E-state index contributed by atoms with van der Waals surface area (Å²) in [5.74, 6) is -0.668. The van der Waals surface area contributed by atoms with E-state index in [4.69, 9.17) is 0 Å². The Kier molecular flexibility index (Phi) is 4.92. The number of phenols is 1. The van der Waals surface area contributed by atoms with Gasteiger partial charge in [-0.3, -0.25) is 9.59 Å². The van der Waals surface area contributed by atoms with Crippen LogP contribution in [0.15, 0.2) is 18.2 Å². The molecular formula is C14H20N2O3. The van der Waals surface area contributed by atoms with E-state index < -0.39 is 11.9 Å². The highest BCUT2D eigenvalue weighted by Gasteiger charge is 2.20. The molecule has 0 saturated heterocycles. The highest BCUT2D eigenvalue weighted by atomic mass is 16.3. The Hall–Kier alpha value is -2.04. The number of aryl methyl sites for hydroxylation is 1. The summed E-state index contributed by atoms with van der Waals surface area (Å²) in [5, 5.41) is 12.4. The predicted octanol–water partition coefficient (Wildman–Crippen LogP) is 1.30. The van der Waals surface area contributed by atoms with Crippen LogP contribution in [-0.4, -0.2) is 41.5 Å². The Morgan fingerprint density at radius 2 is 2.05 bits per heavy atom. The van der Waals surface area contributed by atoms with Crippen LogP contribution in [0.5, 0.6) is 5.75 Å². The van der Waals surface area contributed by atoms with E-state index in [2.05, 4.69) is 5.32 Å². The molecule has 1 atom stereocenters. The van der Waals surface area contributed by atoms with E-state index in [-0.39, 0.29) is 17.2 Å². The fourth-order valence-corrected chi connectivity index (χ4v) is 1.66. The van der Waals surface area contributed by atoms with Crippen molar-refractivity contribution < 1.29 is 14.7 Å². The summed E-state index contributed by atoms with van der Waals surface area (Å²) in [7, 11) is 1.68. The van der Waals surface area contributed by atoms with Gasteiger partial charge in [0.1, 0.15) is 11.8 Å². The van der Waals surface area contributed by atoms with Crippen molar-refractivity contribution in [2.45, 2.75) is 26.8 Å². The monoisotopic (exact) mass is 264 g/mol. The lowest BCUT2D eigenvalue weighted by Gasteiger charge is -2.20. The Morgan fingerprint density at radius 3 is 2.63 bits per heavy atom. The molecule has 5 heteroatoms. The molecule has 2 N–H and O–H groups in total. The van der Waals surface area contributed by atoms with E-state index in [1.807, 2.05) is 6.92 Å². The van der Waals surface area contributed by atoms with E-state index in [1.165, 1.54) is 11.0 Å². The van der Waals surface area contributed by atoms with Crippen LogP contribution < -0.4 is 5.32 Å². The van der Waals surface area contributed by atoms with Gasteiger partial charge in [-0.1, -0.05) is 12.1 Å². The number of carbonyl (C=O) groups is 2. The van der Waals surface area contributed by atoms with Gasteiger partial charge >= 0.3 is 0 Å². The van der Waals surface area contributed by atoms with E-state index >= 15 is 0 Å². The predicted molar refractivity (Wildman–Crippen MR) is 73.1 cm³/mol. The van der Waals surface area contributed by atoms with Gasteiger partial charge in [0.15, 0.2) is 0 Å². The number of benzene rings is 1. The third-order valence-corrected chi connectivity index (χ3v) is 3.05. The first-order valence-electron chi connectivity index (χ1n) is 6.22. The SMILES string of the molecule is CCN(C)C(=O)C(C)NC(=O)c1cccc(C)c1O. The lowest BCUT2D eigenvalue weighted by Crippen LogP contribution is -2.45. The molecular weight excluding hydrogens is 244 g/mol. The summed E-state index contributed by atoms with van der Waals surface area (Å²) in [6.07, 6.45) is 0. The zero-order valence-electron chi connectivity index (χ0n) is 11.7. The number of rotatable bonds is 4. The van der Waals surface area contributed by atoms with Crippen molar-refractivity contribution in [3.63, 3.8) is 0 Å². The normalized spacial score (nSPS) is 11.8. The summed E-state index contributed by atoms with van der Waals surface area (Å²) in [6.45, 7) is 5.78. The molecule has 0 aliphatic rings. The van der Waals surface area contributed by atoms with Crippen molar-refractivity contribution >= 4 is 11.8 Å². The lowest BCUT2D eigenvalue weighted by atomic mass is 10.1. The molecule has 0 radical (unpaired) electrons. The Bertz CT molecular complexity index is 486. The third kappa shape index (κ3) is 3.47. The molecule has 19 heavy (non-hydrogen) atoms. The van der Waals surface area contributed by atoms with Crippen molar-refractivity contribution in [3.05, 3.63) is 29.3 Å². The van der Waals surface area contributed by atoms with Crippen molar-refractivity contribution in [2.24, 2.45) is 0 Å². The largest absolute Gasteiger partial charge is 0.507 e. The molecule has 1 rings (SSSR count). The third-order valence-electron chi connectivity index (χ3n) is 3.05. The average molecular weight is 264 g/mol. The molecule has 1 unspecified atom stereocenters. The molecule has 0 spiro atoms. The standard InChI is InChI=1S/C14H20N2O3/c1-5-16(4)14(19)10(3)15-13(18)11-8-6-7-9(2)12(11)17/h6-8,10,17H,5H2,1-4H3,(H,15,18). The van der Waals surface area contributed by atoms with Crippen LogP contribution in [0.2, 0.25) is 0 Å². The second kappa shape index (κ2) is 6.22. The summed E-state index contributed by atoms with van der Waals surface area (Å²) in [4.78, 5) is 25.4. The molecule has 0 bridgehead atoms. The zero-order valence-corrected chi connectivity index (χ0v) is 11.7. The number of phenolic OH excluding ortho intramolecular Hbond substituents is 1. The van der Waals surface area contributed by atoms with Gasteiger partial charge in [-0.05, 0) is 32.4 Å².